The van der Waals surface area contributed by atoms with Crippen molar-refractivity contribution in [1.29, 1.82) is 0 Å². The summed E-state index contributed by atoms with van der Waals surface area (Å²) in [6.07, 6.45) is 0. The first-order valence-corrected chi connectivity index (χ1v) is 8.40. The van der Waals surface area contributed by atoms with Crippen LogP contribution in [0.3, 0.4) is 0 Å². The number of benzene rings is 2. The second-order valence-corrected chi connectivity index (χ2v) is 6.27. The van der Waals surface area contributed by atoms with Gasteiger partial charge in [0.1, 0.15) is 0 Å². The Kier molecular flexibility index (Phi) is 5.37. The third-order valence-electron chi connectivity index (χ3n) is 3.80. The molecule has 2 N–H and O–H groups in total. The third-order valence-corrected chi connectivity index (χ3v) is 4.06. The summed E-state index contributed by atoms with van der Waals surface area (Å²) >= 11 is 5.89. The summed E-state index contributed by atoms with van der Waals surface area (Å²) in [6, 6.07) is 14.3. The minimum Gasteiger partial charge on any atom is -0.308 e. The Morgan fingerprint density at radius 3 is 2.44 bits per heavy atom. The first kappa shape index (κ1) is 18.4. The van der Waals surface area contributed by atoms with Gasteiger partial charge in [-0.1, -0.05) is 23.7 Å². The standard InChI is InChI=1S/C18H16ClN5O3/c1-12-10-17(22-23(12)11-13-2-4-14(19)5-3-13)21-18(25)20-15-6-8-16(9-7-15)24(26)27/h2-10H,11H2,1H3,(H2,20,21,22,25). The molecule has 2 aromatic carbocycles. The van der Waals surface area contributed by atoms with Crippen molar-refractivity contribution in [3.8, 4) is 0 Å². The number of non-ortho nitro benzene ring substituents is 1. The molecule has 9 heteroatoms. The van der Waals surface area contributed by atoms with Crippen LogP contribution in [-0.2, 0) is 6.54 Å². The number of hydrogen-bond donors (Lipinski definition) is 2. The normalized spacial score (nSPS) is 10.4. The molecule has 2 amide bonds. The fraction of sp³-hybridized carbons (Fsp3) is 0.111. The van der Waals surface area contributed by atoms with Crippen LogP contribution < -0.4 is 10.6 Å². The van der Waals surface area contributed by atoms with Crippen LogP contribution in [-0.4, -0.2) is 20.7 Å². The summed E-state index contributed by atoms with van der Waals surface area (Å²) in [6.45, 7) is 2.44. The lowest BCUT2D eigenvalue weighted by molar-refractivity contribution is -0.384. The van der Waals surface area contributed by atoms with Gasteiger partial charge in [-0.3, -0.25) is 20.1 Å². The monoisotopic (exact) mass is 385 g/mol. The van der Waals surface area contributed by atoms with E-state index in [1.54, 1.807) is 10.7 Å². The summed E-state index contributed by atoms with van der Waals surface area (Å²) in [5, 5.41) is 20.9. The quantitative estimate of drug-likeness (QED) is 0.500. The predicted molar refractivity (Wildman–Crippen MR) is 103 cm³/mol. The molecule has 1 aromatic heterocycles. The molecule has 0 bridgehead atoms. The van der Waals surface area contributed by atoms with Crippen LogP contribution in [0.2, 0.25) is 5.02 Å². The average Bonchev–Trinajstić information content (AvgIpc) is 2.96. The maximum atomic E-state index is 12.1. The summed E-state index contributed by atoms with van der Waals surface area (Å²) in [5.41, 5.74) is 2.32. The molecule has 138 valence electrons. The van der Waals surface area contributed by atoms with Crippen LogP contribution in [0.4, 0.5) is 22.0 Å². The zero-order valence-electron chi connectivity index (χ0n) is 14.3. The summed E-state index contributed by atoms with van der Waals surface area (Å²) in [7, 11) is 0. The summed E-state index contributed by atoms with van der Waals surface area (Å²) < 4.78 is 1.77. The molecular formula is C18H16ClN5O3. The molecule has 3 aromatic rings. The van der Waals surface area contributed by atoms with E-state index in [0.29, 0.717) is 23.1 Å². The van der Waals surface area contributed by atoms with Crippen molar-refractivity contribution in [2.24, 2.45) is 0 Å². The fourth-order valence-electron chi connectivity index (χ4n) is 2.44. The number of halogens is 1. The lowest BCUT2D eigenvalue weighted by atomic mass is 10.2. The zero-order valence-corrected chi connectivity index (χ0v) is 15.1. The molecular weight excluding hydrogens is 370 g/mol. The molecule has 0 saturated heterocycles. The molecule has 0 spiro atoms. The van der Waals surface area contributed by atoms with E-state index in [0.717, 1.165) is 11.3 Å². The van der Waals surface area contributed by atoms with Crippen molar-refractivity contribution in [3.05, 3.63) is 81.0 Å². The number of carbonyl (C=O) groups excluding carboxylic acids is 1. The number of hydrogen-bond acceptors (Lipinski definition) is 4. The van der Waals surface area contributed by atoms with Gasteiger partial charge in [0.2, 0.25) is 0 Å². The van der Waals surface area contributed by atoms with E-state index >= 15 is 0 Å². The maximum Gasteiger partial charge on any atom is 0.324 e. The molecule has 0 aliphatic heterocycles. The number of aryl methyl sites for hydroxylation is 1. The van der Waals surface area contributed by atoms with E-state index < -0.39 is 11.0 Å². The number of nitrogens with zero attached hydrogens (tertiary/aromatic N) is 3. The van der Waals surface area contributed by atoms with E-state index in [2.05, 4.69) is 15.7 Å². The molecule has 0 aliphatic carbocycles. The van der Waals surface area contributed by atoms with Gasteiger partial charge in [-0.25, -0.2) is 4.79 Å². The van der Waals surface area contributed by atoms with Gasteiger partial charge in [0.25, 0.3) is 5.69 Å². The Bertz CT molecular complexity index is 968. The second-order valence-electron chi connectivity index (χ2n) is 5.84. The van der Waals surface area contributed by atoms with Gasteiger partial charge in [-0.05, 0) is 36.8 Å². The van der Waals surface area contributed by atoms with Gasteiger partial charge in [0, 0.05) is 34.6 Å². The molecule has 0 fully saturated rings. The van der Waals surface area contributed by atoms with Gasteiger partial charge >= 0.3 is 6.03 Å². The second kappa shape index (κ2) is 7.88. The Hall–Kier alpha value is -3.39. The predicted octanol–water partition coefficient (Wildman–Crippen LogP) is 4.45. The number of carbonyl (C=O) groups is 1. The molecule has 27 heavy (non-hydrogen) atoms. The first-order chi connectivity index (χ1) is 12.9. The molecule has 0 unspecified atom stereocenters. The highest BCUT2D eigenvalue weighted by Gasteiger charge is 2.10. The smallest absolute Gasteiger partial charge is 0.308 e. The van der Waals surface area contributed by atoms with Crippen molar-refractivity contribution >= 4 is 34.8 Å². The molecule has 1 heterocycles. The number of nitrogens with one attached hydrogen (secondary N) is 2. The third kappa shape index (κ3) is 4.83. The van der Waals surface area contributed by atoms with E-state index in [1.807, 2.05) is 31.2 Å². The molecule has 0 saturated carbocycles. The van der Waals surface area contributed by atoms with Crippen molar-refractivity contribution in [1.82, 2.24) is 9.78 Å². The number of anilines is 2. The number of urea groups is 1. The van der Waals surface area contributed by atoms with Gasteiger partial charge in [-0.2, -0.15) is 5.10 Å². The molecule has 3 rings (SSSR count). The van der Waals surface area contributed by atoms with Crippen molar-refractivity contribution < 1.29 is 9.72 Å². The SMILES string of the molecule is Cc1cc(NC(=O)Nc2ccc([N+](=O)[O-])cc2)nn1Cc1ccc(Cl)cc1. The summed E-state index contributed by atoms with van der Waals surface area (Å²) in [5.74, 6) is 0.404. The van der Waals surface area contributed by atoms with Crippen LogP contribution in [0.25, 0.3) is 0 Å². The maximum absolute atomic E-state index is 12.1. The van der Waals surface area contributed by atoms with Crippen LogP contribution in [0.1, 0.15) is 11.3 Å². The number of aromatic nitrogens is 2. The van der Waals surface area contributed by atoms with E-state index in [9.17, 15) is 14.9 Å². The van der Waals surface area contributed by atoms with Crippen molar-refractivity contribution in [2.45, 2.75) is 13.5 Å². The minimum atomic E-state index is -0.500. The van der Waals surface area contributed by atoms with Crippen LogP contribution in [0, 0.1) is 17.0 Å². The molecule has 0 radical (unpaired) electrons. The summed E-state index contributed by atoms with van der Waals surface area (Å²) in [4.78, 5) is 22.2. The number of amides is 2. The lowest BCUT2D eigenvalue weighted by Gasteiger charge is -2.06. The van der Waals surface area contributed by atoms with Crippen molar-refractivity contribution in [2.75, 3.05) is 10.6 Å². The minimum absolute atomic E-state index is 0.0440. The van der Waals surface area contributed by atoms with E-state index in [4.69, 9.17) is 11.6 Å². The molecule has 0 aliphatic rings. The Balaban J connectivity index is 1.62. The molecule has 8 nitrogen and oxygen atoms in total. The number of nitro groups is 1. The number of nitro benzene ring substituents is 1. The molecule has 0 atom stereocenters. The average molecular weight is 386 g/mol. The van der Waals surface area contributed by atoms with Gasteiger partial charge in [-0.15, -0.1) is 0 Å². The van der Waals surface area contributed by atoms with Gasteiger partial charge in [0.05, 0.1) is 11.5 Å². The highest BCUT2D eigenvalue weighted by Crippen LogP contribution is 2.17. The highest BCUT2D eigenvalue weighted by molar-refractivity contribution is 6.30. The van der Waals surface area contributed by atoms with Crippen LogP contribution in [0.15, 0.2) is 54.6 Å². The number of rotatable bonds is 5. The Labute approximate surface area is 159 Å². The van der Waals surface area contributed by atoms with Gasteiger partial charge < -0.3 is 5.32 Å². The zero-order chi connectivity index (χ0) is 19.4. The first-order valence-electron chi connectivity index (χ1n) is 8.02. The Morgan fingerprint density at radius 1 is 1.15 bits per heavy atom. The van der Waals surface area contributed by atoms with Crippen molar-refractivity contribution in [3.63, 3.8) is 0 Å². The van der Waals surface area contributed by atoms with Crippen LogP contribution >= 0.6 is 11.6 Å². The largest absolute Gasteiger partial charge is 0.324 e. The highest BCUT2D eigenvalue weighted by atomic mass is 35.5. The topological polar surface area (TPSA) is 102 Å². The van der Waals surface area contributed by atoms with Gasteiger partial charge in [0.15, 0.2) is 5.82 Å². The lowest BCUT2D eigenvalue weighted by Crippen LogP contribution is -2.19. The van der Waals surface area contributed by atoms with E-state index in [-0.39, 0.29) is 5.69 Å². The Morgan fingerprint density at radius 2 is 1.81 bits per heavy atom. The van der Waals surface area contributed by atoms with E-state index in [1.165, 1.54) is 24.3 Å². The van der Waals surface area contributed by atoms with Crippen LogP contribution in [0.5, 0.6) is 0 Å². The fourth-order valence-corrected chi connectivity index (χ4v) is 2.57.